The molecule has 31 heavy (non-hydrogen) atoms. The smallest absolute Gasteiger partial charge is 0.288 e. The number of para-hydroxylation sites is 1. The van der Waals surface area contributed by atoms with Crippen molar-refractivity contribution in [2.75, 3.05) is 0 Å². The van der Waals surface area contributed by atoms with Gasteiger partial charge in [-0.25, -0.2) is 4.98 Å². The Morgan fingerprint density at radius 1 is 1.00 bits per heavy atom. The van der Waals surface area contributed by atoms with Crippen LogP contribution in [0.3, 0.4) is 0 Å². The van der Waals surface area contributed by atoms with Gasteiger partial charge in [-0.2, -0.15) is 5.10 Å². The molecule has 0 atom stereocenters. The number of nitrogens with zero attached hydrogens (tertiary/aromatic N) is 2. The van der Waals surface area contributed by atoms with Crippen molar-refractivity contribution < 1.29 is 14.6 Å². The molecule has 0 spiro atoms. The van der Waals surface area contributed by atoms with Crippen LogP contribution in [-0.4, -0.2) is 26.2 Å². The molecule has 156 valence electrons. The Balaban J connectivity index is 1.37. The highest BCUT2D eigenvalue weighted by molar-refractivity contribution is 9.11. The van der Waals surface area contributed by atoms with Gasteiger partial charge in [0.1, 0.15) is 17.2 Å². The summed E-state index contributed by atoms with van der Waals surface area (Å²) in [5.41, 5.74) is 1.56. The maximum absolute atomic E-state index is 12.4. The van der Waals surface area contributed by atoms with E-state index < -0.39 is 0 Å². The van der Waals surface area contributed by atoms with Gasteiger partial charge in [0.2, 0.25) is 5.82 Å². The zero-order valence-electron chi connectivity index (χ0n) is 16.0. The van der Waals surface area contributed by atoms with E-state index in [1.165, 1.54) is 0 Å². The quantitative estimate of drug-likeness (QED) is 0.301. The third-order valence-corrected chi connectivity index (χ3v) is 5.54. The SMILES string of the molecule is O=C(NCc1ccc(Oc2ccccc2)cc1)c1nc(-c2cc(Br)c(O)c(Br)c2)n[nH]1. The van der Waals surface area contributed by atoms with E-state index in [0.717, 1.165) is 11.3 Å². The molecule has 3 aromatic carbocycles. The minimum atomic E-state index is -0.375. The summed E-state index contributed by atoms with van der Waals surface area (Å²) in [5.74, 6) is 1.62. The third-order valence-electron chi connectivity index (χ3n) is 4.33. The number of carbonyl (C=O) groups is 1. The topological polar surface area (TPSA) is 100 Å². The van der Waals surface area contributed by atoms with E-state index in [4.69, 9.17) is 4.74 Å². The summed E-state index contributed by atoms with van der Waals surface area (Å²) in [4.78, 5) is 16.7. The number of halogens is 2. The second-order valence-electron chi connectivity index (χ2n) is 6.54. The number of amides is 1. The van der Waals surface area contributed by atoms with Crippen LogP contribution < -0.4 is 10.1 Å². The summed E-state index contributed by atoms with van der Waals surface area (Å²) in [6.45, 7) is 0.330. The van der Waals surface area contributed by atoms with Crippen LogP contribution >= 0.6 is 31.9 Å². The fraction of sp³-hybridized carbons (Fsp3) is 0.0455. The first-order valence-electron chi connectivity index (χ1n) is 9.20. The lowest BCUT2D eigenvalue weighted by Crippen LogP contribution is -2.24. The lowest BCUT2D eigenvalue weighted by Gasteiger charge is -2.07. The molecule has 4 aromatic rings. The number of ether oxygens (including phenoxy) is 1. The second-order valence-corrected chi connectivity index (χ2v) is 8.25. The third kappa shape index (κ3) is 5.12. The van der Waals surface area contributed by atoms with Crippen molar-refractivity contribution in [1.82, 2.24) is 20.5 Å². The number of aromatic nitrogens is 3. The van der Waals surface area contributed by atoms with E-state index in [-0.39, 0.29) is 17.5 Å². The monoisotopic (exact) mass is 542 g/mol. The van der Waals surface area contributed by atoms with Crippen molar-refractivity contribution in [2.45, 2.75) is 6.54 Å². The molecule has 0 bridgehead atoms. The molecule has 1 aromatic heterocycles. The lowest BCUT2D eigenvalue weighted by atomic mass is 10.2. The average Bonchev–Trinajstić information content (AvgIpc) is 3.28. The van der Waals surface area contributed by atoms with Gasteiger partial charge in [0.15, 0.2) is 5.82 Å². The van der Waals surface area contributed by atoms with Crippen LogP contribution in [0.15, 0.2) is 75.7 Å². The Hall–Kier alpha value is -3.17. The van der Waals surface area contributed by atoms with Crippen molar-refractivity contribution in [3.63, 3.8) is 0 Å². The highest BCUT2D eigenvalue weighted by Gasteiger charge is 2.15. The van der Waals surface area contributed by atoms with Gasteiger partial charge in [0.25, 0.3) is 5.91 Å². The number of aromatic hydroxyl groups is 1. The van der Waals surface area contributed by atoms with Gasteiger partial charge in [-0.3, -0.25) is 9.89 Å². The number of aromatic amines is 1. The van der Waals surface area contributed by atoms with Gasteiger partial charge >= 0.3 is 0 Å². The molecule has 4 rings (SSSR count). The summed E-state index contributed by atoms with van der Waals surface area (Å²) in [5, 5.41) is 19.4. The van der Waals surface area contributed by atoms with Crippen molar-refractivity contribution in [1.29, 1.82) is 0 Å². The van der Waals surface area contributed by atoms with E-state index in [9.17, 15) is 9.90 Å². The number of rotatable bonds is 6. The molecule has 0 radical (unpaired) electrons. The average molecular weight is 544 g/mol. The Morgan fingerprint density at radius 3 is 2.32 bits per heavy atom. The Labute approximate surface area is 194 Å². The van der Waals surface area contributed by atoms with Gasteiger partial charge in [0, 0.05) is 12.1 Å². The summed E-state index contributed by atoms with van der Waals surface area (Å²) < 4.78 is 6.75. The number of carbonyl (C=O) groups excluding carboxylic acids is 1. The van der Waals surface area contributed by atoms with Crippen molar-refractivity contribution >= 4 is 37.8 Å². The molecular weight excluding hydrogens is 528 g/mol. The van der Waals surface area contributed by atoms with Gasteiger partial charge < -0.3 is 15.2 Å². The zero-order valence-corrected chi connectivity index (χ0v) is 19.1. The lowest BCUT2D eigenvalue weighted by molar-refractivity contribution is 0.0941. The minimum absolute atomic E-state index is 0.0810. The van der Waals surface area contributed by atoms with Crippen LogP contribution in [0.1, 0.15) is 16.2 Å². The van der Waals surface area contributed by atoms with E-state index in [1.807, 2.05) is 54.6 Å². The number of benzene rings is 3. The highest BCUT2D eigenvalue weighted by Crippen LogP contribution is 2.35. The Morgan fingerprint density at radius 2 is 1.65 bits per heavy atom. The van der Waals surface area contributed by atoms with Crippen molar-refractivity contribution in [3.8, 4) is 28.6 Å². The first-order chi connectivity index (χ1) is 15.0. The van der Waals surface area contributed by atoms with Crippen molar-refractivity contribution in [3.05, 3.63) is 87.1 Å². The molecule has 0 saturated carbocycles. The van der Waals surface area contributed by atoms with Gasteiger partial charge in [-0.05, 0) is 73.8 Å². The fourth-order valence-corrected chi connectivity index (χ4v) is 3.94. The number of nitrogens with one attached hydrogen (secondary N) is 2. The Kier molecular flexibility index (Phi) is 6.34. The molecule has 0 fully saturated rings. The molecule has 0 unspecified atom stereocenters. The summed E-state index contributed by atoms with van der Waals surface area (Å²) in [7, 11) is 0. The molecule has 1 heterocycles. The molecule has 0 aliphatic rings. The maximum atomic E-state index is 12.4. The number of hydrogen-bond acceptors (Lipinski definition) is 5. The summed E-state index contributed by atoms with van der Waals surface area (Å²) in [6, 6.07) is 20.3. The molecule has 0 saturated heterocycles. The van der Waals surface area contributed by atoms with E-state index in [1.54, 1.807) is 12.1 Å². The van der Waals surface area contributed by atoms with E-state index >= 15 is 0 Å². The Bertz CT molecular complexity index is 1190. The molecule has 1 amide bonds. The van der Waals surface area contributed by atoms with Crippen LogP contribution in [0.2, 0.25) is 0 Å². The maximum Gasteiger partial charge on any atom is 0.288 e. The van der Waals surface area contributed by atoms with Crippen LogP contribution in [-0.2, 0) is 6.54 Å². The van der Waals surface area contributed by atoms with Crippen LogP contribution in [0.25, 0.3) is 11.4 Å². The standard InChI is InChI=1S/C22H16Br2N4O3/c23-17-10-14(11-18(24)19(17)29)20-26-21(28-27-20)22(30)25-12-13-6-8-16(9-7-13)31-15-4-2-1-3-5-15/h1-11,29H,12H2,(H,25,30)(H,26,27,28). The molecule has 0 aliphatic heterocycles. The van der Waals surface area contributed by atoms with Gasteiger partial charge in [-0.1, -0.05) is 30.3 Å². The van der Waals surface area contributed by atoms with Crippen LogP contribution in [0.4, 0.5) is 0 Å². The van der Waals surface area contributed by atoms with E-state index in [2.05, 4.69) is 52.4 Å². The largest absolute Gasteiger partial charge is 0.506 e. The summed E-state index contributed by atoms with van der Waals surface area (Å²) in [6.07, 6.45) is 0. The summed E-state index contributed by atoms with van der Waals surface area (Å²) >= 11 is 6.54. The first-order valence-corrected chi connectivity index (χ1v) is 10.8. The predicted octanol–water partition coefficient (Wildman–Crippen LogP) is 5.42. The molecular formula is C22H16Br2N4O3. The number of H-pyrrole nitrogens is 1. The molecule has 9 heteroatoms. The normalized spacial score (nSPS) is 10.6. The zero-order chi connectivity index (χ0) is 21.8. The van der Waals surface area contributed by atoms with Crippen molar-refractivity contribution in [2.24, 2.45) is 0 Å². The van der Waals surface area contributed by atoms with Crippen LogP contribution in [0.5, 0.6) is 17.2 Å². The van der Waals surface area contributed by atoms with Gasteiger partial charge in [-0.15, -0.1) is 0 Å². The number of hydrogen-bond donors (Lipinski definition) is 3. The minimum Gasteiger partial charge on any atom is -0.506 e. The van der Waals surface area contributed by atoms with Crippen LogP contribution in [0, 0.1) is 0 Å². The second kappa shape index (κ2) is 9.32. The first kappa shape index (κ1) is 21.1. The fourth-order valence-electron chi connectivity index (χ4n) is 2.75. The molecule has 7 nitrogen and oxygen atoms in total. The highest BCUT2D eigenvalue weighted by atomic mass is 79.9. The predicted molar refractivity (Wildman–Crippen MR) is 123 cm³/mol. The number of phenols is 1. The molecule has 3 N–H and O–H groups in total. The van der Waals surface area contributed by atoms with E-state index in [0.29, 0.717) is 32.6 Å². The molecule has 0 aliphatic carbocycles. The van der Waals surface area contributed by atoms with Gasteiger partial charge in [0.05, 0.1) is 8.95 Å². The number of phenolic OH excluding ortho intramolecular Hbond substituents is 1.